The molecule has 1 aliphatic carbocycles. The molecule has 1 fully saturated rings. The van der Waals surface area contributed by atoms with Crippen LogP contribution in [0.4, 0.5) is 5.69 Å². The number of sulfonamides is 1. The molecule has 172 valence electrons. The zero-order valence-electron chi connectivity index (χ0n) is 19.3. The highest BCUT2D eigenvalue weighted by atomic mass is 32.2. The monoisotopic (exact) mass is 471 g/mol. The molecule has 5 nitrogen and oxygen atoms in total. The molecule has 0 saturated heterocycles. The van der Waals surface area contributed by atoms with E-state index < -0.39 is 14.8 Å². The van der Waals surface area contributed by atoms with Gasteiger partial charge in [0.15, 0.2) is 0 Å². The Hall–Kier alpha value is -1.96. The molecule has 7 heteroatoms. The summed E-state index contributed by atoms with van der Waals surface area (Å²) >= 11 is 1.73. The summed E-state index contributed by atoms with van der Waals surface area (Å²) in [5.41, 5.74) is 4.56. The van der Waals surface area contributed by atoms with Gasteiger partial charge in [-0.25, -0.2) is 18.1 Å². The molecule has 1 aromatic heterocycles. The molecule has 1 heterocycles. The van der Waals surface area contributed by atoms with Gasteiger partial charge in [0, 0.05) is 23.8 Å². The van der Waals surface area contributed by atoms with Crippen LogP contribution in [-0.2, 0) is 10.0 Å². The van der Waals surface area contributed by atoms with Gasteiger partial charge in [-0.3, -0.25) is 0 Å². The van der Waals surface area contributed by atoms with Crippen LogP contribution in [0.5, 0.6) is 0 Å². The number of benzene rings is 2. The minimum absolute atomic E-state index is 0.0624. The summed E-state index contributed by atoms with van der Waals surface area (Å²) in [5.74, 6) is 0.567. The van der Waals surface area contributed by atoms with Crippen LogP contribution >= 0.6 is 11.3 Å². The van der Waals surface area contributed by atoms with Gasteiger partial charge >= 0.3 is 0 Å². The summed E-state index contributed by atoms with van der Waals surface area (Å²) in [5, 5.41) is 4.61. The van der Waals surface area contributed by atoms with Crippen molar-refractivity contribution in [1.82, 2.24) is 9.71 Å². The van der Waals surface area contributed by atoms with Crippen molar-refractivity contribution in [2.45, 2.75) is 64.2 Å². The highest BCUT2D eigenvalue weighted by Gasteiger charge is 2.32. The minimum Gasteiger partial charge on any atom is -0.385 e. The van der Waals surface area contributed by atoms with Crippen molar-refractivity contribution in [3.63, 3.8) is 0 Å². The fourth-order valence-corrected chi connectivity index (χ4v) is 6.13. The number of thiazole rings is 1. The van der Waals surface area contributed by atoms with Crippen LogP contribution < -0.4 is 10.0 Å². The number of nitrogens with one attached hydrogen (secondary N) is 2. The van der Waals surface area contributed by atoms with Crippen LogP contribution in [0.3, 0.4) is 0 Å². The van der Waals surface area contributed by atoms with E-state index in [4.69, 9.17) is 4.98 Å². The van der Waals surface area contributed by atoms with Gasteiger partial charge in [-0.15, -0.1) is 11.3 Å². The van der Waals surface area contributed by atoms with E-state index >= 15 is 0 Å². The molecular formula is C25H33N3O2S2. The molecule has 1 aliphatic rings. The second-order valence-electron chi connectivity index (χ2n) is 9.90. The summed E-state index contributed by atoms with van der Waals surface area (Å²) < 4.78 is 28.1. The zero-order chi connectivity index (χ0) is 22.9. The minimum atomic E-state index is -3.28. The molecule has 0 bridgehead atoms. The van der Waals surface area contributed by atoms with Gasteiger partial charge in [0.2, 0.25) is 10.0 Å². The van der Waals surface area contributed by atoms with Crippen molar-refractivity contribution < 1.29 is 8.42 Å². The van der Waals surface area contributed by atoms with E-state index in [0.29, 0.717) is 5.92 Å². The van der Waals surface area contributed by atoms with Crippen molar-refractivity contribution in [1.29, 1.82) is 0 Å². The van der Waals surface area contributed by atoms with Gasteiger partial charge in [0.1, 0.15) is 5.01 Å². The SMILES string of the molecule is Cc1ccc2nc(-c3ccc(NCC4CCC(NS(=O)(=O)C(C)(C)C)CC4)cc3)sc2c1. The third-order valence-electron chi connectivity index (χ3n) is 6.25. The lowest BCUT2D eigenvalue weighted by Gasteiger charge is -2.31. The number of fused-ring (bicyclic) bond motifs is 1. The first-order valence-corrected chi connectivity index (χ1v) is 13.6. The second kappa shape index (κ2) is 9.12. The van der Waals surface area contributed by atoms with E-state index in [2.05, 4.69) is 59.4 Å². The molecule has 32 heavy (non-hydrogen) atoms. The van der Waals surface area contributed by atoms with Crippen molar-refractivity contribution >= 4 is 37.3 Å². The molecule has 0 aliphatic heterocycles. The predicted octanol–water partition coefficient (Wildman–Crippen LogP) is 5.96. The standard InChI is InChI=1S/C25H33N3O2S2/c1-17-5-14-22-23(15-17)31-24(27-22)19-8-12-20(13-9-19)26-16-18-6-10-21(11-7-18)28-32(29,30)25(2,3)4/h5,8-9,12-15,18,21,26,28H,6-7,10-11,16H2,1-4H3. The Morgan fingerprint density at radius 2 is 1.72 bits per heavy atom. The van der Waals surface area contributed by atoms with E-state index in [1.165, 1.54) is 10.3 Å². The smallest absolute Gasteiger partial charge is 0.216 e. The molecule has 2 aromatic carbocycles. The summed E-state index contributed by atoms with van der Waals surface area (Å²) in [6, 6.07) is 14.9. The first-order valence-electron chi connectivity index (χ1n) is 11.3. The molecule has 0 atom stereocenters. The molecule has 0 radical (unpaired) electrons. The van der Waals surface area contributed by atoms with Gasteiger partial charge < -0.3 is 5.32 Å². The lowest BCUT2D eigenvalue weighted by molar-refractivity contribution is 0.322. The Morgan fingerprint density at radius 3 is 2.38 bits per heavy atom. The number of hydrogen-bond donors (Lipinski definition) is 2. The van der Waals surface area contributed by atoms with Gasteiger partial charge in [-0.2, -0.15) is 0 Å². The zero-order valence-corrected chi connectivity index (χ0v) is 20.9. The quantitative estimate of drug-likeness (QED) is 0.465. The average Bonchev–Trinajstić information content (AvgIpc) is 3.16. The summed E-state index contributed by atoms with van der Waals surface area (Å²) in [7, 11) is -3.28. The van der Waals surface area contributed by atoms with Gasteiger partial charge in [-0.1, -0.05) is 6.07 Å². The van der Waals surface area contributed by atoms with Crippen LogP contribution in [0.25, 0.3) is 20.8 Å². The lowest BCUT2D eigenvalue weighted by Crippen LogP contribution is -2.46. The Kier molecular flexibility index (Phi) is 6.61. The summed E-state index contributed by atoms with van der Waals surface area (Å²) in [4.78, 5) is 4.77. The van der Waals surface area contributed by atoms with Crippen LogP contribution in [0.1, 0.15) is 52.0 Å². The van der Waals surface area contributed by atoms with Crippen LogP contribution in [0, 0.1) is 12.8 Å². The van der Waals surface area contributed by atoms with Crippen molar-refractivity contribution in [2.75, 3.05) is 11.9 Å². The largest absolute Gasteiger partial charge is 0.385 e. The second-order valence-corrected chi connectivity index (χ2v) is 13.4. The molecule has 0 spiro atoms. The van der Waals surface area contributed by atoms with E-state index in [1.54, 1.807) is 32.1 Å². The first kappa shape index (κ1) is 23.2. The molecule has 1 saturated carbocycles. The first-order chi connectivity index (χ1) is 15.1. The Morgan fingerprint density at radius 1 is 1.03 bits per heavy atom. The van der Waals surface area contributed by atoms with Crippen molar-refractivity contribution in [3.8, 4) is 10.6 Å². The molecule has 2 N–H and O–H groups in total. The normalized spacial score (nSPS) is 19.9. The van der Waals surface area contributed by atoms with E-state index in [0.717, 1.165) is 54.0 Å². The van der Waals surface area contributed by atoms with Crippen molar-refractivity contribution in [3.05, 3.63) is 48.0 Å². The third-order valence-corrected chi connectivity index (χ3v) is 9.57. The highest BCUT2D eigenvalue weighted by Crippen LogP contribution is 2.32. The van der Waals surface area contributed by atoms with E-state index in [1.807, 2.05) is 0 Å². The summed E-state index contributed by atoms with van der Waals surface area (Å²) in [6.07, 6.45) is 3.87. The van der Waals surface area contributed by atoms with Gasteiger partial charge in [-0.05, 0) is 101 Å². The molecule has 0 unspecified atom stereocenters. The Bertz CT molecular complexity index is 1170. The molecule has 4 rings (SSSR count). The number of aryl methyl sites for hydroxylation is 1. The van der Waals surface area contributed by atoms with E-state index in [-0.39, 0.29) is 6.04 Å². The number of anilines is 1. The third kappa shape index (κ3) is 5.33. The molecular weight excluding hydrogens is 438 g/mol. The van der Waals surface area contributed by atoms with E-state index in [9.17, 15) is 8.42 Å². The predicted molar refractivity (Wildman–Crippen MR) is 136 cm³/mol. The number of nitrogens with zero attached hydrogens (tertiary/aromatic N) is 1. The average molecular weight is 472 g/mol. The van der Waals surface area contributed by atoms with Crippen LogP contribution in [0.2, 0.25) is 0 Å². The maximum atomic E-state index is 12.4. The Balaban J connectivity index is 1.29. The Labute approximate surface area is 195 Å². The number of rotatable bonds is 6. The summed E-state index contributed by atoms with van der Waals surface area (Å²) in [6.45, 7) is 8.25. The molecule has 0 amide bonds. The van der Waals surface area contributed by atoms with Crippen LogP contribution in [-0.4, -0.2) is 30.7 Å². The number of aromatic nitrogens is 1. The maximum Gasteiger partial charge on any atom is 0.216 e. The maximum absolute atomic E-state index is 12.4. The topological polar surface area (TPSA) is 71.1 Å². The number of hydrogen-bond acceptors (Lipinski definition) is 5. The van der Waals surface area contributed by atoms with Gasteiger partial charge in [0.05, 0.1) is 15.0 Å². The van der Waals surface area contributed by atoms with Crippen LogP contribution in [0.15, 0.2) is 42.5 Å². The lowest BCUT2D eigenvalue weighted by atomic mass is 9.86. The highest BCUT2D eigenvalue weighted by molar-refractivity contribution is 7.90. The fourth-order valence-electron chi connectivity index (χ4n) is 4.03. The van der Waals surface area contributed by atoms with Crippen molar-refractivity contribution in [2.24, 2.45) is 5.92 Å². The fraction of sp³-hybridized carbons (Fsp3) is 0.480. The molecule has 3 aromatic rings. The van der Waals surface area contributed by atoms with Gasteiger partial charge in [0.25, 0.3) is 0 Å².